The molecule has 1 aromatic heterocycles. The van der Waals surface area contributed by atoms with Crippen LogP contribution in [0.5, 0.6) is 5.75 Å². The highest BCUT2D eigenvalue weighted by molar-refractivity contribution is 6.32. The number of aromatic nitrogens is 1. The zero-order valence-corrected chi connectivity index (χ0v) is 8.60. The molecule has 0 unspecified atom stereocenters. The Morgan fingerprint density at radius 1 is 1.31 bits per heavy atom. The second-order valence-electron chi connectivity index (χ2n) is 3.03. The fourth-order valence-corrected chi connectivity index (χ4v) is 1.48. The lowest BCUT2D eigenvalue weighted by atomic mass is 10.1. The Labute approximate surface area is 94.9 Å². The zero-order valence-electron chi connectivity index (χ0n) is 7.85. The van der Waals surface area contributed by atoms with Crippen LogP contribution in [-0.2, 0) is 0 Å². The van der Waals surface area contributed by atoms with Crippen LogP contribution in [0.2, 0.25) is 5.22 Å². The molecule has 0 saturated carbocycles. The number of aromatic carboxylic acids is 1. The Kier molecular flexibility index (Phi) is 2.54. The van der Waals surface area contributed by atoms with Crippen molar-refractivity contribution in [1.82, 2.24) is 5.16 Å². The summed E-state index contributed by atoms with van der Waals surface area (Å²) in [6, 6.07) is 5.89. The first kappa shape index (κ1) is 10.5. The SMILES string of the molecule is O=C(O)c1c(-c2ccc(O)cc2)noc1Cl. The molecular weight excluding hydrogens is 234 g/mol. The highest BCUT2D eigenvalue weighted by Crippen LogP contribution is 2.29. The van der Waals surface area contributed by atoms with E-state index < -0.39 is 5.97 Å². The summed E-state index contributed by atoms with van der Waals surface area (Å²) in [5.41, 5.74) is 0.454. The summed E-state index contributed by atoms with van der Waals surface area (Å²) in [7, 11) is 0. The molecule has 16 heavy (non-hydrogen) atoms. The van der Waals surface area contributed by atoms with Gasteiger partial charge in [0.05, 0.1) is 0 Å². The molecule has 5 nitrogen and oxygen atoms in total. The van der Waals surface area contributed by atoms with E-state index in [1.165, 1.54) is 24.3 Å². The number of carboxylic acids is 1. The summed E-state index contributed by atoms with van der Waals surface area (Å²) in [6.07, 6.45) is 0. The van der Waals surface area contributed by atoms with Crippen molar-refractivity contribution in [2.45, 2.75) is 0 Å². The normalized spacial score (nSPS) is 10.3. The third-order valence-corrected chi connectivity index (χ3v) is 2.26. The standard InChI is InChI=1S/C10H6ClNO4/c11-9-7(10(14)15)8(12-16-9)5-1-3-6(13)4-2-5/h1-4,13H,(H,14,15). The van der Waals surface area contributed by atoms with Gasteiger partial charge in [-0.3, -0.25) is 0 Å². The minimum atomic E-state index is -1.21. The fourth-order valence-electron chi connectivity index (χ4n) is 1.27. The summed E-state index contributed by atoms with van der Waals surface area (Å²) >= 11 is 5.56. The summed E-state index contributed by atoms with van der Waals surface area (Å²) in [6.45, 7) is 0. The largest absolute Gasteiger partial charge is 0.508 e. The molecule has 0 radical (unpaired) electrons. The Hall–Kier alpha value is -2.01. The van der Waals surface area contributed by atoms with Gasteiger partial charge in [0.2, 0.25) is 5.22 Å². The smallest absolute Gasteiger partial charge is 0.342 e. The lowest BCUT2D eigenvalue weighted by Gasteiger charge is -1.97. The second kappa shape index (κ2) is 3.86. The zero-order chi connectivity index (χ0) is 11.7. The van der Waals surface area contributed by atoms with Gasteiger partial charge in [0, 0.05) is 5.56 Å². The number of carboxylic acid groups (broad SMARTS) is 1. The Morgan fingerprint density at radius 2 is 1.94 bits per heavy atom. The average molecular weight is 240 g/mol. The number of phenols is 1. The molecular formula is C10H6ClNO4. The van der Waals surface area contributed by atoms with Gasteiger partial charge in [-0.15, -0.1) is 0 Å². The van der Waals surface area contributed by atoms with Gasteiger partial charge >= 0.3 is 5.97 Å². The second-order valence-corrected chi connectivity index (χ2v) is 3.38. The van der Waals surface area contributed by atoms with Crippen molar-refractivity contribution >= 4 is 17.6 Å². The van der Waals surface area contributed by atoms with Crippen LogP contribution in [0.15, 0.2) is 28.8 Å². The van der Waals surface area contributed by atoms with E-state index >= 15 is 0 Å². The van der Waals surface area contributed by atoms with Gasteiger partial charge in [-0.1, -0.05) is 5.16 Å². The number of carbonyl (C=O) groups is 1. The van der Waals surface area contributed by atoms with Gasteiger partial charge in [-0.05, 0) is 35.9 Å². The molecule has 1 aromatic carbocycles. The Bertz CT molecular complexity index is 532. The maximum absolute atomic E-state index is 10.9. The van der Waals surface area contributed by atoms with Crippen molar-refractivity contribution < 1.29 is 19.5 Å². The van der Waals surface area contributed by atoms with Gasteiger partial charge in [0.25, 0.3) is 0 Å². The first-order valence-corrected chi connectivity index (χ1v) is 4.65. The van der Waals surface area contributed by atoms with E-state index in [4.69, 9.17) is 21.8 Å². The number of hydrogen-bond acceptors (Lipinski definition) is 4. The maximum atomic E-state index is 10.9. The quantitative estimate of drug-likeness (QED) is 0.841. The molecule has 2 aromatic rings. The topological polar surface area (TPSA) is 83.6 Å². The third kappa shape index (κ3) is 1.72. The highest BCUT2D eigenvalue weighted by Gasteiger charge is 2.22. The minimum absolute atomic E-state index is 0.0789. The van der Waals surface area contributed by atoms with E-state index in [0.717, 1.165) is 0 Å². The molecule has 2 rings (SSSR count). The molecule has 0 aliphatic rings. The molecule has 1 heterocycles. The van der Waals surface area contributed by atoms with Crippen molar-refractivity contribution in [3.63, 3.8) is 0 Å². The number of nitrogens with zero attached hydrogens (tertiary/aromatic N) is 1. The summed E-state index contributed by atoms with van der Waals surface area (Å²) in [4.78, 5) is 10.9. The predicted octanol–water partition coefficient (Wildman–Crippen LogP) is 2.40. The van der Waals surface area contributed by atoms with Gasteiger partial charge < -0.3 is 14.7 Å². The Balaban J connectivity index is 2.56. The van der Waals surface area contributed by atoms with Crippen LogP contribution in [0.25, 0.3) is 11.3 Å². The van der Waals surface area contributed by atoms with E-state index in [1.54, 1.807) is 0 Å². The monoisotopic (exact) mass is 239 g/mol. The lowest BCUT2D eigenvalue weighted by Crippen LogP contribution is -1.97. The van der Waals surface area contributed by atoms with Crippen LogP contribution in [-0.4, -0.2) is 21.3 Å². The number of aromatic hydroxyl groups is 1. The van der Waals surface area contributed by atoms with E-state index in [2.05, 4.69) is 9.68 Å². The average Bonchev–Trinajstić information content (AvgIpc) is 2.61. The Morgan fingerprint density at radius 3 is 2.50 bits per heavy atom. The van der Waals surface area contributed by atoms with Crippen LogP contribution in [0.3, 0.4) is 0 Å². The fraction of sp³-hybridized carbons (Fsp3) is 0. The van der Waals surface area contributed by atoms with E-state index in [9.17, 15) is 4.79 Å². The van der Waals surface area contributed by atoms with E-state index in [0.29, 0.717) is 5.56 Å². The van der Waals surface area contributed by atoms with E-state index in [1.807, 2.05) is 0 Å². The van der Waals surface area contributed by atoms with Crippen LogP contribution in [0.4, 0.5) is 0 Å². The van der Waals surface area contributed by atoms with Crippen molar-refractivity contribution in [3.05, 3.63) is 35.0 Å². The molecule has 2 N–H and O–H groups in total. The minimum Gasteiger partial charge on any atom is -0.508 e. The van der Waals surface area contributed by atoms with Crippen molar-refractivity contribution in [2.24, 2.45) is 0 Å². The molecule has 0 amide bonds. The van der Waals surface area contributed by atoms with Crippen LogP contribution in [0.1, 0.15) is 10.4 Å². The number of phenolic OH excluding ortho intramolecular Hbond substituents is 1. The predicted molar refractivity (Wildman–Crippen MR) is 55.6 cm³/mol. The number of benzene rings is 1. The first-order valence-electron chi connectivity index (χ1n) is 4.27. The summed E-state index contributed by atoms with van der Waals surface area (Å²) in [5, 5.41) is 21.3. The molecule has 0 bridgehead atoms. The molecule has 0 fully saturated rings. The van der Waals surface area contributed by atoms with Gasteiger partial charge in [-0.2, -0.15) is 0 Å². The van der Waals surface area contributed by atoms with Gasteiger partial charge in [0.1, 0.15) is 17.0 Å². The molecule has 82 valence electrons. The number of hydrogen-bond donors (Lipinski definition) is 2. The molecule has 0 atom stereocenters. The third-order valence-electron chi connectivity index (χ3n) is 2.01. The van der Waals surface area contributed by atoms with E-state index in [-0.39, 0.29) is 22.2 Å². The van der Waals surface area contributed by atoms with Crippen molar-refractivity contribution in [2.75, 3.05) is 0 Å². The van der Waals surface area contributed by atoms with Gasteiger partial charge in [-0.25, -0.2) is 4.79 Å². The van der Waals surface area contributed by atoms with Crippen LogP contribution >= 0.6 is 11.6 Å². The number of halogens is 1. The molecule has 0 saturated heterocycles. The van der Waals surface area contributed by atoms with Crippen LogP contribution < -0.4 is 0 Å². The van der Waals surface area contributed by atoms with Crippen molar-refractivity contribution in [1.29, 1.82) is 0 Å². The van der Waals surface area contributed by atoms with Crippen LogP contribution in [0, 0.1) is 0 Å². The molecule has 6 heteroatoms. The molecule has 0 spiro atoms. The molecule has 0 aliphatic carbocycles. The summed E-state index contributed by atoms with van der Waals surface area (Å²) in [5.74, 6) is -1.13. The number of rotatable bonds is 2. The maximum Gasteiger partial charge on any atom is 0.342 e. The molecule has 0 aliphatic heterocycles. The highest BCUT2D eigenvalue weighted by atomic mass is 35.5. The van der Waals surface area contributed by atoms with Gasteiger partial charge in [0.15, 0.2) is 0 Å². The first-order chi connectivity index (χ1) is 7.59. The summed E-state index contributed by atoms with van der Waals surface area (Å²) < 4.78 is 4.61. The van der Waals surface area contributed by atoms with Crippen molar-refractivity contribution in [3.8, 4) is 17.0 Å². The lowest BCUT2D eigenvalue weighted by molar-refractivity contribution is 0.0697.